The number of hydrogen-bond donors (Lipinski definition) is 1. The first-order chi connectivity index (χ1) is 11.6. The number of nitrogens with zero attached hydrogens (tertiary/aromatic N) is 3. The van der Waals surface area contributed by atoms with Gasteiger partial charge in [0, 0.05) is 31.0 Å². The van der Waals surface area contributed by atoms with E-state index in [2.05, 4.69) is 53.0 Å². The molecule has 0 aliphatic carbocycles. The molecule has 1 aliphatic rings. The summed E-state index contributed by atoms with van der Waals surface area (Å²) in [5.41, 5.74) is 3.29. The van der Waals surface area contributed by atoms with E-state index in [0.717, 1.165) is 30.3 Å². The van der Waals surface area contributed by atoms with Gasteiger partial charge >= 0.3 is 0 Å². The Labute approximate surface area is 145 Å². The van der Waals surface area contributed by atoms with Gasteiger partial charge in [-0.05, 0) is 31.2 Å². The van der Waals surface area contributed by atoms with Crippen LogP contribution in [0.2, 0.25) is 0 Å². The summed E-state index contributed by atoms with van der Waals surface area (Å²) in [6, 6.07) is 15.8. The molecule has 2 aromatic carbocycles. The molecule has 0 atom stereocenters. The number of phenolic OH excluding ortho intramolecular Hbond substituents is 1. The monoisotopic (exact) mass is 325 g/mol. The largest absolute Gasteiger partial charge is 0.508 e. The van der Waals surface area contributed by atoms with Gasteiger partial charge in [0.25, 0.3) is 0 Å². The molecule has 0 radical (unpaired) electrons. The van der Waals surface area contributed by atoms with Gasteiger partial charge in [-0.2, -0.15) is 0 Å². The van der Waals surface area contributed by atoms with Gasteiger partial charge in [0.1, 0.15) is 11.6 Å². The highest BCUT2D eigenvalue weighted by Gasteiger charge is 2.18. The molecule has 0 spiro atoms. The van der Waals surface area contributed by atoms with Gasteiger partial charge in [0.2, 0.25) is 0 Å². The minimum atomic E-state index is 0.274. The van der Waals surface area contributed by atoms with E-state index in [9.17, 15) is 5.11 Å². The molecular formula is C20H27N3O. The van der Waals surface area contributed by atoms with Gasteiger partial charge < -0.3 is 14.9 Å². The summed E-state index contributed by atoms with van der Waals surface area (Å²) in [7, 11) is 2.07. The summed E-state index contributed by atoms with van der Waals surface area (Å²) in [5, 5.41) is 9.80. The van der Waals surface area contributed by atoms with Crippen molar-refractivity contribution in [1.82, 2.24) is 4.90 Å². The minimum Gasteiger partial charge on any atom is -0.508 e. The molecule has 4 nitrogen and oxygen atoms in total. The predicted molar refractivity (Wildman–Crippen MR) is 103 cm³/mol. The van der Waals surface area contributed by atoms with Crippen LogP contribution >= 0.6 is 0 Å². The van der Waals surface area contributed by atoms with Crippen molar-refractivity contribution < 1.29 is 5.11 Å². The van der Waals surface area contributed by atoms with Crippen LogP contribution in [0.25, 0.3) is 0 Å². The van der Waals surface area contributed by atoms with Crippen molar-refractivity contribution in [2.75, 3.05) is 31.6 Å². The van der Waals surface area contributed by atoms with E-state index in [0.29, 0.717) is 6.54 Å². The number of anilines is 2. The number of likely N-dealkylation sites (N-methyl/N-ethyl adjacent to an activating group) is 1. The third-order valence-corrected chi connectivity index (χ3v) is 3.96. The second kappa shape index (κ2) is 8.39. The highest BCUT2D eigenvalue weighted by atomic mass is 16.3. The van der Waals surface area contributed by atoms with Gasteiger partial charge in [0.15, 0.2) is 0 Å². The van der Waals surface area contributed by atoms with E-state index in [1.54, 1.807) is 12.1 Å². The first-order valence-corrected chi connectivity index (χ1v) is 8.51. The number of benzene rings is 2. The average molecular weight is 325 g/mol. The lowest BCUT2D eigenvalue weighted by atomic mass is 10.2. The third-order valence-electron chi connectivity index (χ3n) is 3.96. The summed E-state index contributed by atoms with van der Waals surface area (Å²) in [6.07, 6.45) is 0. The smallest absolute Gasteiger partial charge is 0.119 e. The van der Waals surface area contributed by atoms with Crippen molar-refractivity contribution in [2.45, 2.75) is 20.8 Å². The zero-order valence-electron chi connectivity index (χ0n) is 15.0. The topological polar surface area (TPSA) is 39.1 Å². The van der Waals surface area contributed by atoms with Crippen LogP contribution in [-0.2, 0) is 0 Å². The number of rotatable bonds is 4. The molecule has 128 valence electrons. The number of phenols is 1. The molecule has 1 heterocycles. The Bertz CT molecular complexity index is 680. The highest BCUT2D eigenvalue weighted by Crippen LogP contribution is 2.28. The van der Waals surface area contributed by atoms with Crippen LogP contribution in [-0.4, -0.2) is 42.5 Å². The lowest BCUT2D eigenvalue weighted by Gasteiger charge is -2.27. The summed E-state index contributed by atoms with van der Waals surface area (Å²) >= 11 is 0. The Morgan fingerprint density at radius 3 is 2.38 bits per heavy atom. The quantitative estimate of drug-likeness (QED) is 0.915. The maximum atomic E-state index is 9.80. The van der Waals surface area contributed by atoms with Crippen molar-refractivity contribution in [3.05, 3.63) is 54.1 Å². The molecule has 0 amide bonds. The normalized spacial score (nSPS) is 13.2. The van der Waals surface area contributed by atoms with Crippen LogP contribution in [0.15, 0.2) is 53.5 Å². The fourth-order valence-electron chi connectivity index (χ4n) is 2.61. The summed E-state index contributed by atoms with van der Waals surface area (Å²) < 4.78 is 0. The van der Waals surface area contributed by atoms with Crippen molar-refractivity contribution in [3.8, 4) is 5.75 Å². The SMILES string of the molecule is CC.Cc1ccc(N(CC2=NCCN2C)c2cccc(O)c2)cc1. The van der Waals surface area contributed by atoms with Crippen molar-refractivity contribution >= 4 is 17.2 Å². The lowest BCUT2D eigenvalue weighted by molar-refractivity contribution is 0.475. The second-order valence-electron chi connectivity index (χ2n) is 5.66. The predicted octanol–water partition coefficient (Wildman–Crippen LogP) is 4.21. The Kier molecular flexibility index (Phi) is 6.24. The minimum absolute atomic E-state index is 0.274. The number of hydrogen-bond acceptors (Lipinski definition) is 4. The summed E-state index contributed by atoms with van der Waals surface area (Å²) in [4.78, 5) is 8.95. The Morgan fingerprint density at radius 2 is 1.79 bits per heavy atom. The first-order valence-electron chi connectivity index (χ1n) is 8.51. The fraction of sp³-hybridized carbons (Fsp3) is 0.350. The maximum Gasteiger partial charge on any atom is 0.119 e. The van der Waals surface area contributed by atoms with E-state index in [1.807, 2.05) is 26.0 Å². The van der Waals surface area contributed by atoms with E-state index in [4.69, 9.17) is 0 Å². The van der Waals surface area contributed by atoms with E-state index in [-0.39, 0.29) is 5.75 Å². The fourth-order valence-corrected chi connectivity index (χ4v) is 2.61. The van der Waals surface area contributed by atoms with Gasteiger partial charge in [0.05, 0.1) is 13.1 Å². The van der Waals surface area contributed by atoms with E-state index < -0.39 is 0 Å². The van der Waals surface area contributed by atoms with Crippen LogP contribution in [0.4, 0.5) is 11.4 Å². The molecule has 3 rings (SSSR count). The van der Waals surface area contributed by atoms with E-state index >= 15 is 0 Å². The molecule has 24 heavy (non-hydrogen) atoms. The lowest BCUT2D eigenvalue weighted by Crippen LogP contribution is -2.33. The Morgan fingerprint density at radius 1 is 1.08 bits per heavy atom. The molecular weight excluding hydrogens is 298 g/mol. The van der Waals surface area contributed by atoms with Crippen LogP contribution in [0.3, 0.4) is 0 Å². The van der Waals surface area contributed by atoms with Crippen LogP contribution in [0.5, 0.6) is 5.75 Å². The van der Waals surface area contributed by atoms with Crippen LogP contribution in [0.1, 0.15) is 19.4 Å². The average Bonchev–Trinajstić information content (AvgIpc) is 3.00. The zero-order chi connectivity index (χ0) is 17.5. The van der Waals surface area contributed by atoms with Crippen molar-refractivity contribution in [3.63, 3.8) is 0 Å². The molecule has 0 bridgehead atoms. The number of aryl methyl sites for hydroxylation is 1. The van der Waals surface area contributed by atoms with Gasteiger partial charge in [-0.1, -0.05) is 37.6 Å². The zero-order valence-corrected chi connectivity index (χ0v) is 15.0. The molecule has 0 unspecified atom stereocenters. The van der Waals surface area contributed by atoms with Crippen molar-refractivity contribution in [1.29, 1.82) is 0 Å². The van der Waals surface area contributed by atoms with Gasteiger partial charge in [-0.15, -0.1) is 0 Å². The number of amidine groups is 1. The molecule has 0 aromatic heterocycles. The third kappa shape index (κ3) is 4.28. The van der Waals surface area contributed by atoms with Gasteiger partial charge in [-0.25, -0.2) is 0 Å². The number of aromatic hydroxyl groups is 1. The second-order valence-corrected chi connectivity index (χ2v) is 5.66. The molecule has 0 saturated carbocycles. The molecule has 4 heteroatoms. The highest BCUT2D eigenvalue weighted by molar-refractivity contribution is 5.90. The Hall–Kier alpha value is -2.49. The van der Waals surface area contributed by atoms with E-state index in [1.165, 1.54) is 5.56 Å². The standard InChI is InChI=1S/C18H21N3O.C2H6/c1-14-6-8-15(9-7-14)21(13-18-19-10-11-20(18)2)16-4-3-5-17(22)12-16;1-2/h3-9,12,22H,10-11,13H2,1-2H3;1-2H3. The Balaban J connectivity index is 0.00000100. The summed E-state index contributed by atoms with van der Waals surface area (Å²) in [5.74, 6) is 1.35. The summed E-state index contributed by atoms with van der Waals surface area (Å²) in [6.45, 7) is 8.60. The van der Waals surface area contributed by atoms with Crippen LogP contribution in [0, 0.1) is 6.92 Å². The van der Waals surface area contributed by atoms with Gasteiger partial charge in [-0.3, -0.25) is 4.99 Å². The molecule has 0 fully saturated rings. The molecule has 0 saturated heterocycles. The maximum absolute atomic E-state index is 9.80. The number of aliphatic imine (C=N–C) groups is 1. The van der Waals surface area contributed by atoms with Crippen molar-refractivity contribution in [2.24, 2.45) is 4.99 Å². The molecule has 1 N–H and O–H groups in total. The molecule has 2 aromatic rings. The van der Waals surface area contributed by atoms with Crippen LogP contribution < -0.4 is 4.90 Å². The first kappa shape index (κ1) is 17.9. The molecule has 1 aliphatic heterocycles.